The number of carbonyl (C=O) groups excluding carboxylic acids is 1. The molecule has 9 heteroatoms. The molecule has 2 heterocycles. The van der Waals surface area contributed by atoms with Gasteiger partial charge < -0.3 is 10.1 Å². The molecule has 1 aliphatic carbocycles. The number of pyridine rings is 1. The molecule has 1 N–H and O–H groups in total. The van der Waals surface area contributed by atoms with Crippen LogP contribution in [-0.4, -0.2) is 33.1 Å². The summed E-state index contributed by atoms with van der Waals surface area (Å²) < 4.78 is 47.8. The van der Waals surface area contributed by atoms with Crippen molar-refractivity contribution in [2.24, 2.45) is 0 Å². The average molecular weight is 470 g/mol. The van der Waals surface area contributed by atoms with Gasteiger partial charge in [0, 0.05) is 35.6 Å². The van der Waals surface area contributed by atoms with Gasteiger partial charge in [-0.1, -0.05) is 0 Å². The first-order chi connectivity index (χ1) is 16.3. The Hall–Kier alpha value is -3.49. The van der Waals surface area contributed by atoms with Crippen molar-refractivity contribution < 1.29 is 22.7 Å². The van der Waals surface area contributed by atoms with E-state index in [9.17, 15) is 18.0 Å². The van der Waals surface area contributed by atoms with Crippen molar-refractivity contribution in [1.29, 1.82) is 0 Å². The molecule has 1 aromatic carbocycles. The molecule has 0 bridgehead atoms. The van der Waals surface area contributed by atoms with E-state index in [-0.39, 0.29) is 34.8 Å². The number of rotatable bonds is 6. The Kier molecular flexibility index (Phi) is 7.09. The van der Waals surface area contributed by atoms with Crippen LogP contribution in [-0.2, 0) is 0 Å². The zero-order valence-electron chi connectivity index (χ0n) is 18.9. The van der Waals surface area contributed by atoms with Gasteiger partial charge in [0.25, 0.3) is 5.91 Å². The van der Waals surface area contributed by atoms with Crippen LogP contribution in [0.5, 0.6) is 6.01 Å². The molecule has 0 unspecified atom stereocenters. The van der Waals surface area contributed by atoms with E-state index in [0.717, 1.165) is 18.2 Å². The summed E-state index contributed by atoms with van der Waals surface area (Å²) in [6.07, 6.45) is 4.98. The number of hydrogen-bond acceptors (Lipinski definition) is 5. The molecule has 0 radical (unpaired) electrons. The third-order valence-electron chi connectivity index (χ3n) is 5.71. The molecular weight excluding hydrogens is 445 g/mol. The number of carbonyl (C=O) groups is 1. The van der Waals surface area contributed by atoms with Gasteiger partial charge in [0.1, 0.15) is 17.8 Å². The van der Waals surface area contributed by atoms with E-state index in [1.54, 1.807) is 0 Å². The maximum Gasteiger partial charge on any atom is 0.316 e. The van der Waals surface area contributed by atoms with Crippen molar-refractivity contribution >= 4 is 11.6 Å². The van der Waals surface area contributed by atoms with Gasteiger partial charge in [0.05, 0.1) is 23.0 Å². The van der Waals surface area contributed by atoms with Gasteiger partial charge in [-0.05, 0) is 63.8 Å². The summed E-state index contributed by atoms with van der Waals surface area (Å²) in [5.74, 6) is -1.92. The molecule has 0 atom stereocenters. The molecule has 0 spiro atoms. The summed E-state index contributed by atoms with van der Waals surface area (Å²) in [7, 11) is 0. The van der Waals surface area contributed by atoms with Crippen LogP contribution in [0.4, 0.5) is 18.9 Å². The Labute approximate surface area is 195 Å². The molecule has 1 saturated carbocycles. The van der Waals surface area contributed by atoms with E-state index in [1.807, 2.05) is 13.8 Å². The van der Waals surface area contributed by atoms with E-state index < -0.39 is 23.7 Å². The predicted octanol–water partition coefficient (Wildman–Crippen LogP) is 5.85. The molecule has 178 valence electrons. The van der Waals surface area contributed by atoms with Gasteiger partial charge >= 0.3 is 6.01 Å². The van der Waals surface area contributed by atoms with Gasteiger partial charge in [0.2, 0.25) is 0 Å². The van der Waals surface area contributed by atoms with Crippen LogP contribution < -0.4 is 10.1 Å². The predicted molar refractivity (Wildman–Crippen MR) is 121 cm³/mol. The van der Waals surface area contributed by atoms with Crippen LogP contribution in [0.15, 0.2) is 42.9 Å². The van der Waals surface area contributed by atoms with E-state index in [1.165, 1.54) is 24.7 Å². The maximum atomic E-state index is 14.7. The van der Waals surface area contributed by atoms with Crippen molar-refractivity contribution in [3.63, 3.8) is 0 Å². The number of aromatic nitrogens is 3. The number of benzene rings is 1. The van der Waals surface area contributed by atoms with Crippen LogP contribution in [0.3, 0.4) is 0 Å². The maximum absolute atomic E-state index is 14.7. The standard InChI is InChI=1S/C25H25F3N4O2/c1-14(2)34-25-30-12-16(13-31-25)24(33)32-23-19(20-11-18(27)7-8-21(20)28)9-10-29-22(23)15-3-5-17(26)6-4-15/h7-15,17H,3-6H2,1-2H3,(H,32,33). The summed E-state index contributed by atoms with van der Waals surface area (Å²) in [6, 6.07) is 4.79. The first kappa shape index (κ1) is 23.7. The van der Waals surface area contributed by atoms with Crippen LogP contribution in [0, 0.1) is 11.6 Å². The van der Waals surface area contributed by atoms with Crippen LogP contribution in [0.2, 0.25) is 0 Å². The molecule has 1 fully saturated rings. The molecule has 1 aliphatic rings. The van der Waals surface area contributed by atoms with Crippen molar-refractivity contribution in [3.05, 3.63) is 65.7 Å². The zero-order chi connectivity index (χ0) is 24.2. The second-order valence-electron chi connectivity index (χ2n) is 8.57. The zero-order valence-corrected chi connectivity index (χ0v) is 18.9. The number of nitrogens with zero attached hydrogens (tertiary/aromatic N) is 3. The molecular formula is C25H25F3N4O2. The molecule has 4 rings (SSSR count). The van der Waals surface area contributed by atoms with E-state index in [0.29, 0.717) is 36.9 Å². The van der Waals surface area contributed by atoms with Crippen molar-refractivity contribution in [1.82, 2.24) is 15.0 Å². The number of ether oxygens (including phenoxy) is 1. The molecule has 34 heavy (non-hydrogen) atoms. The highest BCUT2D eigenvalue weighted by molar-refractivity contribution is 6.06. The molecule has 0 aliphatic heterocycles. The van der Waals surface area contributed by atoms with E-state index in [2.05, 4.69) is 20.3 Å². The third kappa shape index (κ3) is 5.35. The largest absolute Gasteiger partial charge is 0.461 e. The van der Waals surface area contributed by atoms with Gasteiger partial charge in [-0.2, -0.15) is 0 Å². The molecule has 2 aromatic heterocycles. The fourth-order valence-electron chi connectivity index (χ4n) is 4.06. The smallest absolute Gasteiger partial charge is 0.316 e. The fourth-order valence-corrected chi connectivity index (χ4v) is 4.06. The minimum atomic E-state index is -0.873. The summed E-state index contributed by atoms with van der Waals surface area (Å²) in [4.78, 5) is 25.6. The molecule has 0 saturated heterocycles. The lowest BCUT2D eigenvalue weighted by Crippen LogP contribution is -2.20. The Morgan fingerprint density at radius 2 is 1.74 bits per heavy atom. The summed E-state index contributed by atoms with van der Waals surface area (Å²) in [5.41, 5.74) is 1.22. The van der Waals surface area contributed by atoms with E-state index in [4.69, 9.17) is 4.74 Å². The minimum Gasteiger partial charge on any atom is -0.461 e. The Morgan fingerprint density at radius 1 is 1.03 bits per heavy atom. The fraction of sp³-hybridized carbons (Fsp3) is 0.360. The lowest BCUT2D eigenvalue weighted by atomic mass is 9.84. The quantitative estimate of drug-likeness (QED) is 0.489. The average Bonchev–Trinajstić information content (AvgIpc) is 2.81. The number of halogens is 3. The summed E-state index contributed by atoms with van der Waals surface area (Å²) in [5, 5.41) is 2.80. The Balaban J connectivity index is 1.72. The number of hydrogen-bond donors (Lipinski definition) is 1. The Morgan fingerprint density at radius 3 is 2.41 bits per heavy atom. The van der Waals surface area contributed by atoms with Crippen molar-refractivity contribution in [2.45, 2.75) is 57.7 Å². The number of nitrogens with one attached hydrogen (secondary N) is 1. The SMILES string of the molecule is CC(C)Oc1ncc(C(=O)Nc2c(-c3cc(F)ccc3F)ccnc2C2CCC(F)CC2)cn1. The van der Waals surface area contributed by atoms with Crippen LogP contribution in [0.25, 0.3) is 11.1 Å². The Bertz CT molecular complexity index is 1160. The molecule has 1 amide bonds. The molecule has 6 nitrogen and oxygen atoms in total. The first-order valence-corrected chi connectivity index (χ1v) is 11.2. The molecule has 3 aromatic rings. The normalized spacial score (nSPS) is 18.1. The van der Waals surface area contributed by atoms with Crippen LogP contribution >= 0.6 is 0 Å². The third-order valence-corrected chi connectivity index (χ3v) is 5.71. The number of anilines is 1. The second-order valence-corrected chi connectivity index (χ2v) is 8.57. The van der Waals surface area contributed by atoms with Gasteiger partial charge in [0.15, 0.2) is 0 Å². The van der Waals surface area contributed by atoms with E-state index >= 15 is 0 Å². The summed E-state index contributed by atoms with van der Waals surface area (Å²) in [6.45, 7) is 3.66. The van der Waals surface area contributed by atoms with Gasteiger partial charge in [-0.25, -0.2) is 23.1 Å². The van der Waals surface area contributed by atoms with Crippen LogP contribution in [0.1, 0.15) is 61.5 Å². The highest BCUT2D eigenvalue weighted by Crippen LogP contribution is 2.41. The topological polar surface area (TPSA) is 77.0 Å². The van der Waals surface area contributed by atoms with Gasteiger partial charge in [-0.15, -0.1) is 0 Å². The first-order valence-electron chi connectivity index (χ1n) is 11.2. The summed E-state index contributed by atoms with van der Waals surface area (Å²) >= 11 is 0. The van der Waals surface area contributed by atoms with Crippen molar-refractivity contribution in [2.75, 3.05) is 5.32 Å². The number of amides is 1. The number of alkyl halides is 1. The highest BCUT2D eigenvalue weighted by Gasteiger charge is 2.28. The second kappa shape index (κ2) is 10.2. The van der Waals surface area contributed by atoms with Gasteiger partial charge in [-0.3, -0.25) is 9.78 Å². The highest BCUT2D eigenvalue weighted by atomic mass is 19.1. The monoisotopic (exact) mass is 470 g/mol. The lowest BCUT2D eigenvalue weighted by Gasteiger charge is -2.26. The van der Waals surface area contributed by atoms with Crippen molar-refractivity contribution in [3.8, 4) is 17.1 Å². The lowest BCUT2D eigenvalue weighted by molar-refractivity contribution is 0.102. The minimum absolute atomic E-state index is 0.00458.